The number of halogens is 1. The average molecular weight is 312 g/mol. The molecule has 0 amide bonds. The number of nitrogens with zero attached hydrogens (tertiary/aromatic N) is 1. The maximum absolute atomic E-state index is 13.7. The number of phenols is 1. The van der Waals surface area contributed by atoms with Gasteiger partial charge in [0.1, 0.15) is 11.3 Å². The molecule has 0 saturated heterocycles. The van der Waals surface area contributed by atoms with Crippen LogP contribution in [0.4, 0.5) is 10.1 Å². The van der Waals surface area contributed by atoms with Crippen LogP contribution in [0, 0.1) is 5.82 Å². The minimum atomic E-state index is -0.328. The zero-order valence-electron chi connectivity index (χ0n) is 12.7. The van der Waals surface area contributed by atoms with E-state index in [2.05, 4.69) is 10.3 Å². The van der Waals surface area contributed by atoms with Gasteiger partial charge in [-0.2, -0.15) is 0 Å². The molecule has 23 heavy (non-hydrogen) atoms. The van der Waals surface area contributed by atoms with Gasteiger partial charge in [-0.3, -0.25) is 4.98 Å². The van der Waals surface area contributed by atoms with Gasteiger partial charge in [-0.05, 0) is 36.2 Å². The number of fused-ring (bicyclic) bond motifs is 1. The molecule has 3 rings (SSSR count). The number of nitrogens with one attached hydrogen (secondary N) is 1. The van der Waals surface area contributed by atoms with Crippen molar-refractivity contribution >= 4 is 16.6 Å². The zero-order valence-corrected chi connectivity index (χ0v) is 12.7. The van der Waals surface area contributed by atoms with Crippen LogP contribution < -0.4 is 10.1 Å². The van der Waals surface area contributed by atoms with Crippen molar-refractivity contribution in [1.29, 1.82) is 0 Å². The second-order valence-electron chi connectivity index (χ2n) is 5.18. The van der Waals surface area contributed by atoms with Crippen molar-refractivity contribution in [3.63, 3.8) is 0 Å². The highest BCUT2D eigenvalue weighted by molar-refractivity contribution is 5.91. The molecule has 0 unspecified atom stereocenters. The molecule has 0 atom stereocenters. The van der Waals surface area contributed by atoms with Gasteiger partial charge in [0.05, 0.1) is 7.11 Å². The fraction of sp³-hybridized carbons (Fsp3) is 0.167. The van der Waals surface area contributed by atoms with Gasteiger partial charge in [0.2, 0.25) is 0 Å². The Kier molecular flexibility index (Phi) is 4.28. The Hall–Kier alpha value is -2.82. The molecule has 1 aromatic heterocycles. The molecular formula is C18H17FN2O2. The van der Waals surface area contributed by atoms with Crippen molar-refractivity contribution < 1.29 is 14.2 Å². The Morgan fingerprint density at radius 1 is 1.22 bits per heavy atom. The van der Waals surface area contributed by atoms with Gasteiger partial charge in [0.25, 0.3) is 0 Å². The van der Waals surface area contributed by atoms with Crippen LogP contribution >= 0.6 is 0 Å². The number of aromatic nitrogens is 1. The third-order valence-corrected chi connectivity index (χ3v) is 3.69. The Bertz CT molecular complexity index is 836. The number of anilines is 1. The molecule has 0 bridgehead atoms. The van der Waals surface area contributed by atoms with Crippen LogP contribution in [0.3, 0.4) is 0 Å². The lowest BCUT2D eigenvalue weighted by molar-refractivity contribution is 0.373. The molecule has 3 aromatic rings. The molecule has 118 valence electrons. The quantitative estimate of drug-likeness (QED) is 0.753. The first-order chi connectivity index (χ1) is 11.2. The number of para-hydroxylation sites is 1. The van der Waals surface area contributed by atoms with Gasteiger partial charge < -0.3 is 15.2 Å². The number of pyridine rings is 1. The highest BCUT2D eigenvalue weighted by Crippen LogP contribution is 2.27. The lowest BCUT2D eigenvalue weighted by Gasteiger charge is -2.10. The normalized spacial score (nSPS) is 10.7. The highest BCUT2D eigenvalue weighted by atomic mass is 19.1. The van der Waals surface area contributed by atoms with Crippen LogP contribution in [0.2, 0.25) is 0 Å². The summed E-state index contributed by atoms with van der Waals surface area (Å²) in [7, 11) is 1.52. The van der Waals surface area contributed by atoms with Crippen molar-refractivity contribution in [2.45, 2.75) is 6.42 Å². The molecule has 0 aliphatic rings. The largest absolute Gasteiger partial charge is 0.504 e. The number of phenolic OH excluding ortho intramolecular Hbond substituents is 1. The third kappa shape index (κ3) is 3.18. The van der Waals surface area contributed by atoms with Crippen molar-refractivity contribution in [2.75, 3.05) is 19.0 Å². The minimum Gasteiger partial charge on any atom is -0.504 e. The molecule has 0 aliphatic carbocycles. The van der Waals surface area contributed by atoms with E-state index in [1.807, 2.05) is 18.2 Å². The lowest BCUT2D eigenvalue weighted by atomic mass is 10.1. The third-order valence-electron chi connectivity index (χ3n) is 3.69. The summed E-state index contributed by atoms with van der Waals surface area (Å²) in [4.78, 5) is 4.08. The van der Waals surface area contributed by atoms with Gasteiger partial charge in [-0.25, -0.2) is 4.39 Å². The molecule has 2 aromatic carbocycles. The Balaban J connectivity index is 1.72. The summed E-state index contributed by atoms with van der Waals surface area (Å²) in [5.74, 6) is 0.255. The molecule has 0 aliphatic heterocycles. The fourth-order valence-electron chi connectivity index (χ4n) is 2.53. The van der Waals surface area contributed by atoms with E-state index in [0.717, 1.165) is 23.1 Å². The minimum absolute atomic E-state index is 0.126. The summed E-state index contributed by atoms with van der Waals surface area (Å²) in [6.45, 7) is 0.654. The monoisotopic (exact) mass is 312 g/mol. The number of hydrogen-bond donors (Lipinski definition) is 2. The number of methoxy groups -OCH3 is 1. The Labute approximate surface area is 133 Å². The molecule has 0 radical (unpaired) electrons. The standard InChI is InChI=1S/C18H17FN2O2/c1-23-17-6-5-12(11-16(17)22)7-9-20-15-8-10-21-18-13(15)3-2-4-14(18)19/h2-6,8,10-11,22H,7,9H2,1H3,(H,20,21). The molecule has 4 nitrogen and oxygen atoms in total. The van der Waals surface area contributed by atoms with Crippen LogP contribution in [-0.4, -0.2) is 23.7 Å². The number of hydrogen-bond acceptors (Lipinski definition) is 4. The molecular weight excluding hydrogens is 295 g/mol. The van der Waals surface area contributed by atoms with Crippen LogP contribution in [0.1, 0.15) is 5.56 Å². The molecule has 0 spiro atoms. The van der Waals surface area contributed by atoms with Gasteiger partial charge in [0, 0.05) is 23.8 Å². The first kappa shape index (κ1) is 15.1. The molecule has 1 heterocycles. The number of aromatic hydroxyl groups is 1. The average Bonchev–Trinajstić information content (AvgIpc) is 2.56. The van der Waals surface area contributed by atoms with E-state index in [1.54, 1.807) is 24.4 Å². The van der Waals surface area contributed by atoms with E-state index in [1.165, 1.54) is 13.2 Å². The van der Waals surface area contributed by atoms with Crippen molar-refractivity contribution in [2.24, 2.45) is 0 Å². The second-order valence-corrected chi connectivity index (χ2v) is 5.18. The summed E-state index contributed by atoms with van der Waals surface area (Å²) < 4.78 is 18.8. The number of rotatable bonds is 5. The van der Waals surface area contributed by atoms with Crippen LogP contribution in [0.15, 0.2) is 48.7 Å². The van der Waals surface area contributed by atoms with Crippen molar-refractivity contribution in [3.8, 4) is 11.5 Å². The van der Waals surface area contributed by atoms with Gasteiger partial charge >= 0.3 is 0 Å². The van der Waals surface area contributed by atoms with Crippen LogP contribution in [-0.2, 0) is 6.42 Å². The first-order valence-corrected chi connectivity index (χ1v) is 7.32. The summed E-state index contributed by atoms with van der Waals surface area (Å²) >= 11 is 0. The summed E-state index contributed by atoms with van der Waals surface area (Å²) in [6, 6.07) is 12.1. The summed E-state index contributed by atoms with van der Waals surface area (Å²) in [5, 5.41) is 13.8. The molecule has 5 heteroatoms. The van der Waals surface area contributed by atoms with Crippen LogP contribution in [0.5, 0.6) is 11.5 Å². The Morgan fingerprint density at radius 3 is 2.87 bits per heavy atom. The number of ether oxygens (including phenoxy) is 1. The van der Waals surface area contributed by atoms with E-state index in [9.17, 15) is 9.50 Å². The SMILES string of the molecule is COc1ccc(CCNc2ccnc3c(F)cccc23)cc1O. The van der Waals surface area contributed by atoms with Gasteiger partial charge in [0.15, 0.2) is 11.5 Å². The van der Waals surface area contributed by atoms with Crippen molar-refractivity contribution in [1.82, 2.24) is 4.98 Å². The summed E-state index contributed by atoms with van der Waals surface area (Å²) in [6.07, 6.45) is 2.31. The lowest BCUT2D eigenvalue weighted by Crippen LogP contribution is -2.05. The topological polar surface area (TPSA) is 54.4 Å². The number of benzene rings is 2. The predicted octanol–water partition coefficient (Wildman–Crippen LogP) is 3.74. The maximum atomic E-state index is 13.7. The highest BCUT2D eigenvalue weighted by Gasteiger charge is 2.06. The summed E-state index contributed by atoms with van der Waals surface area (Å²) in [5.41, 5.74) is 2.19. The second kappa shape index (κ2) is 6.52. The van der Waals surface area contributed by atoms with E-state index < -0.39 is 0 Å². The fourth-order valence-corrected chi connectivity index (χ4v) is 2.53. The first-order valence-electron chi connectivity index (χ1n) is 7.32. The molecule has 0 fully saturated rings. The maximum Gasteiger partial charge on any atom is 0.160 e. The molecule has 0 saturated carbocycles. The smallest absolute Gasteiger partial charge is 0.160 e. The Morgan fingerprint density at radius 2 is 2.09 bits per heavy atom. The van der Waals surface area contributed by atoms with Crippen LogP contribution in [0.25, 0.3) is 10.9 Å². The van der Waals surface area contributed by atoms with Gasteiger partial charge in [-0.15, -0.1) is 0 Å². The van der Waals surface area contributed by atoms with E-state index in [0.29, 0.717) is 17.8 Å². The van der Waals surface area contributed by atoms with E-state index >= 15 is 0 Å². The van der Waals surface area contributed by atoms with Gasteiger partial charge in [-0.1, -0.05) is 18.2 Å². The molecule has 2 N–H and O–H groups in total. The van der Waals surface area contributed by atoms with E-state index in [4.69, 9.17) is 4.74 Å². The zero-order chi connectivity index (χ0) is 16.2. The van der Waals surface area contributed by atoms with E-state index in [-0.39, 0.29) is 11.6 Å². The predicted molar refractivity (Wildman–Crippen MR) is 88.6 cm³/mol. The van der Waals surface area contributed by atoms with Crippen molar-refractivity contribution in [3.05, 3.63) is 60.0 Å².